The van der Waals surface area contributed by atoms with Crippen molar-refractivity contribution in [1.29, 1.82) is 0 Å². The molecule has 1 aliphatic rings. The molecule has 1 fully saturated rings. The molecule has 0 aromatic carbocycles. The molecule has 1 saturated heterocycles. The Kier molecular flexibility index (Phi) is 4.98. The van der Waals surface area contributed by atoms with Gasteiger partial charge in [0.05, 0.1) is 16.7 Å². The van der Waals surface area contributed by atoms with Gasteiger partial charge in [0.15, 0.2) is 0 Å². The number of piperazine rings is 1. The maximum atomic E-state index is 11.6. The Bertz CT molecular complexity index is 422. The minimum Gasteiger partial charge on any atom is -0.465 e. The highest BCUT2D eigenvalue weighted by Crippen LogP contribution is 2.37. The number of carboxylic acid groups (broad SMARTS) is 2. The fraction of sp³-hybridized carbons (Fsp3) is 0.857. The summed E-state index contributed by atoms with van der Waals surface area (Å²) in [4.78, 5) is 25.2. The summed E-state index contributed by atoms with van der Waals surface area (Å²) in [5, 5.41) is 39.1. The van der Waals surface area contributed by atoms with E-state index in [4.69, 9.17) is 0 Å². The Morgan fingerprint density at radius 2 is 1.41 bits per heavy atom. The van der Waals surface area contributed by atoms with Gasteiger partial charge in [-0.25, -0.2) is 9.59 Å². The Morgan fingerprint density at radius 1 is 0.955 bits per heavy atom. The summed E-state index contributed by atoms with van der Waals surface area (Å²) in [6, 6.07) is 0. The standard InChI is InChI=1S/C14H26N2O6/c1-12(2,21)7-14(8-13(3,4)22)9-15(10(17)18)5-6-16(14)11(19)20/h21-22H,5-9H2,1-4H3,(H,17,18)(H,19,20). The third kappa shape index (κ3) is 4.74. The third-order valence-electron chi connectivity index (χ3n) is 3.68. The van der Waals surface area contributed by atoms with E-state index in [2.05, 4.69) is 0 Å². The maximum absolute atomic E-state index is 11.6. The van der Waals surface area contributed by atoms with E-state index in [1.807, 2.05) is 0 Å². The second kappa shape index (κ2) is 5.92. The van der Waals surface area contributed by atoms with Gasteiger partial charge in [-0.3, -0.25) is 4.90 Å². The van der Waals surface area contributed by atoms with Crippen LogP contribution in [0.4, 0.5) is 9.59 Å². The SMILES string of the molecule is CC(C)(O)CC1(CC(C)(C)O)CN(C(=O)O)CCN1C(=O)O. The second-order valence-electron chi connectivity index (χ2n) is 7.34. The summed E-state index contributed by atoms with van der Waals surface area (Å²) in [5.74, 6) is 0. The lowest BCUT2D eigenvalue weighted by molar-refractivity contribution is -0.0781. The Labute approximate surface area is 129 Å². The molecule has 1 aliphatic heterocycles. The molecule has 22 heavy (non-hydrogen) atoms. The van der Waals surface area contributed by atoms with E-state index in [1.54, 1.807) is 27.7 Å². The van der Waals surface area contributed by atoms with Gasteiger partial charge in [-0.05, 0) is 27.7 Å². The van der Waals surface area contributed by atoms with Crippen LogP contribution < -0.4 is 0 Å². The average molecular weight is 318 g/mol. The highest BCUT2D eigenvalue weighted by molar-refractivity contribution is 5.69. The first kappa shape index (κ1) is 18.5. The van der Waals surface area contributed by atoms with Gasteiger partial charge in [-0.15, -0.1) is 0 Å². The number of nitrogens with zero attached hydrogens (tertiary/aromatic N) is 2. The van der Waals surface area contributed by atoms with Crippen molar-refractivity contribution >= 4 is 12.2 Å². The smallest absolute Gasteiger partial charge is 0.407 e. The van der Waals surface area contributed by atoms with Crippen molar-refractivity contribution in [1.82, 2.24) is 9.80 Å². The van der Waals surface area contributed by atoms with Gasteiger partial charge in [0.1, 0.15) is 0 Å². The minimum absolute atomic E-state index is 0.00773. The molecule has 1 heterocycles. The highest BCUT2D eigenvalue weighted by atomic mass is 16.4. The van der Waals surface area contributed by atoms with Crippen LogP contribution in [0.25, 0.3) is 0 Å². The van der Waals surface area contributed by atoms with E-state index < -0.39 is 28.9 Å². The predicted octanol–water partition coefficient (Wildman–Crippen LogP) is 1.02. The lowest BCUT2D eigenvalue weighted by atomic mass is 9.76. The van der Waals surface area contributed by atoms with Crippen molar-refractivity contribution in [2.75, 3.05) is 19.6 Å². The van der Waals surface area contributed by atoms with Gasteiger partial charge in [-0.1, -0.05) is 0 Å². The van der Waals surface area contributed by atoms with Crippen molar-refractivity contribution in [2.45, 2.75) is 57.3 Å². The molecule has 0 spiro atoms. The number of rotatable bonds is 4. The van der Waals surface area contributed by atoms with Gasteiger partial charge in [-0.2, -0.15) is 0 Å². The topological polar surface area (TPSA) is 122 Å². The summed E-state index contributed by atoms with van der Waals surface area (Å²) in [6.07, 6.45) is -2.26. The van der Waals surface area contributed by atoms with Crippen molar-refractivity contribution in [3.05, 3.63) is 0 Å². The van der Waals surface area contributed by atoms with Crippen molar-refractivity contribution in [3.8, 4) is 0 Å². The largest absolute Gasteiger partial charge is 0.465 e. The van der Waals surface area contributed by atoms with Gasteiger partial charge in [0.25, 0.3) is 0 Å². The monoisotopic (exact) mass is 318 g/mol. The van der Waals surface area contributed by atoms with E-state index in [0.29, 0.717) is 0 Å². The Balaban J connectivity index is 3.28. The van der Waals surface area contributed by atoms with Gasteiger partial charge < -0.3 is 25.3 Å². The number of carbonyl (C=O) groups is 2. The van der Waals surface area contributed by atoms with E-state index >= 15 is 0 Å². The second-order valence-corrected chi connectivity index (χ2v) is 7.34. The number of hydrogen-bond donors (Lipinski definition) is 4. The molecule has 0 aromatic rings. The highest BCUT2D eigenvalue weighted by Gasteiger charge is 2.50. The van der Waals surface area contributed by atoms with E-state index in [1.165, 1.54) is 0 Å². The van der Waals surface area contributed by atoms with Crippen LogP contribution in [0.3, 0.4) is 0 Å². The molecule has 0 atom stereocenters. The summed E-state index contributed by atoms with van der Waals surface area (Å²) >= 11 is 0. The zero-order valence-electron chi connectivity index (χ0n) is 13.5. The maximum Gasteiger partial charge on any atom is 0.407 e. The van der Waals surface area contributed by atoms with Crippen LogP contribution in [-0.4, -0.2) is 78.8 Å². The Morgan fingerprint density at radius 3 is 1.73 bits per heavy atom. The van der Waals surface area contributed by atoms with E-state index in [0.717, 1.165) is 9.80 Å². The van der Waals surface area contributed by atoms with Crippen LogP contribution in [0, 0.1) is 0 Å². The molecule has 8 heteroatoms. The average Bonchev–Trinajstić information content (AvgIpc) is 2.22. The zero-order chi connectivity index (χ0) is 17.3. The lowest BCUT2D eigenvalue weighted by Crippen LogP contribution is -2.67. The van der Waals surface area contributed by atoms with Crippen molar-refractivity contribution in [3.63, 3.8) is 0 Å². The summed E-state index contributed by atoms with van der Waals surface area (Å²) in [7, 11) is 0. The quantitative estimate of drug-likeness (QED) is 0.614. The molecule has 0 unspecified atom stereocenters. The third-order valence-corrected chi connectivity index (χ3v) is 3.68. The van der Waals surface area contributed by atoms with Crippen molar-refractivity contribution < 1.29 is 30.0 Å². The molecule has 0 radical (unpaired) electrons. The van der Waals surface area contributed by atoms with Crippen molar-refractivity contribution in [2.24, 2.45) is 0 Å². The first-order valence-corrected chi connectivity index (χ1v) is 7.19. The molecule has 1 rings (SSSR count). The number of aliphatic hydroxyl groups is 2. The first-order valence-electron chi connectivity index (χ1n) is 7.19. The van der Waals surface area contributed by atoms with Crippen LogP contribution >= 0.6 is 0 Å². The van der Waals surface area contributed by atoms with Crippen LogP contribution in [0.1, 0.15) is 40.5 Å². The molecule has 128 valence electrons. The fourth-order valence-electron chi connectivity index (χ4n) is 3.42. The van der Waals surface area contributed by atoms with Crippen LogP contribution in [-0.2, 0) is 0 Å². The molecular weight excluding hydrogens is 292 g/mol. The number of hydrogen-bond acceptors (Lipinski definition) is 4. The van der Waals surface area contributed by atoms with Gasteiger partial charge in [0.2, 0.25) is 0 Å². The molecule has 8 nitrogen and oxygen atoms in total. The zero-order valence-corrected chi connectivity index (χ0v) is 13.5. The molecule has 0 bridgehead atoms. The molecule has 0 saturated carbocycles. The lowest BCUT2D eigenvalue weighted by Gasteiger charge is -2.52. The van der Waals surface area contributed by atoms with Gasteiger partial charge in [0, 0.05) is 32.5 Å². The molecule has 0 aromatic heterocycles. The van der Waals surface area contributed by atoms with Crippen LogP contribution in [0.2, 0.25) is 0 Å². The predicted molar refractivity (Wildman–Crippen MR) is 78.9 cm³/mol. The summed E-state index contributed by atoms with van der Waals surface area (Å²) < 4.78 is 0. The number of amides is 2. The fourth-order valence-corrected chi connectivity index (χ4v) is 3.42. The first-order chi connectivity index (χ1) is 9.76. The molecule has 0 aliphatic carbocycles. The van der Waals surface area contributed by atoms with Gasteiger partial charge >= 0.3 is 12.2 Å². The minimum atomic E-state index is -1.21. The summed E-state index contributed by atoms with van der Waals surface area (Å²) in [6.45, 7) is 6.16. The summed E-state index contributed by atoms with van der Waals surface area (Å²) in [5.41, 5.74) is -3.60. The molecule has 2 amide bonds. The van der Waals surface area contributed by atoms with E-state index in [9.17, 15) is 30.0 Å². The Hall–Kier alpha value is -1.54. The molecular formula is C14H26N2O6. The van der Waals surface area contributed by atoms with E-state index in [-0.39, 0.29) is 32.5 Å². The normalized spacial score (nSPS) is 19.2. The van der Waals surface area contributed by atoms with Crippen LogP contribution in [0.5, 0.6) is 0 Å². The van der Waals surface area contributed by atoms with Crippen LogP contribution in [0.15, 0.2) is 0 Å². The molecule has 4 N–H and O–H groups in total.